The largest absolute Gasteiger partial charge is 0.354 e. The number of H-pyrrole nitrogens is 1. The Bertz CT molecular complexity index is 1210. The van der Waals surface area contributed by atoms with Crippen LogP contribution in [0.15, 0.2) is 59.7 Å². The van der Waals surface area contributed by atoms with Crippen molar-refractivity contribution in [3.63, 3.8) is 0 Å². The molecule has 0 radical (unpaired) electrons. The van der Waals surface area contributed by atoms with Crippen molar-refractivity contribution in [3.05, 3.63) is 76.3 Å². The van der Waals surface area contributed by atoms with Crippen LogP contribution >= 0.6 is 0 Å². The maximum absolute atomic E-state index is 12.8. The minimum Gasteiger partial charge on any atom is -0.354 e. The highest BCUT2D eigenvalue weighted by atomic mass is 16.2. The fraction of sp³-hybridized carbons (Fsp3) is 0.227. The van der Waals surface area contributed by atoms with Crippen molar-refractivity contribution in [2.75, 3.05) is 6.54 Å². The first-order valence-electron chi connectivity index (χ1n) is 9.32. The van der Waals surface area contributed by atoms with Crippen molar-refractivity contribution in [2.45, 2.75) is 26.3 Å². The van der Waals surface area contributed by atoms with E-state index in [1.54, 1.807) is 0 Å². The number of fused-ring (bicyclic) bond motifs is 3. The molecule has 0 fully saturated rings. The summed E-state index contributed by atoms with van der Waals surface area (Å²) >= 11 is 0. The first-order chi connectivity index (χ1) is 13.5. The number of rotatable bonds is 5. The highest BCUT2D eigenvalue weighted by Crippen LogP contribution is 2.22. The van der Waals surface area contributed by atoms with Crippen LogP contribution in [0.4, 0.5) is 0 Å². The van der Waals surface area contributed by atoms with Crippen molar-refractivity contribution < 1.29 is 4.79 Å². The van der Waals surface area contributed by atoms with Gasteiger partial charge in [-0.2, -0.15) is 0 Å². The predicted octanol–water partition coefficient (Wildman–Crippen LogP) is 3.11. The summed E-state index contributed by atoms with van der Waals surface area (Å²) in [5, 5.41) is 3.82. The Morgan fingerprint density at radius 1 is 1.21 bits per heavy atom. The highest BCUT2D eigenvalue weighted by molar-refractivity contribution is 6.04. The van der Waals surface area contributed by atoms with Crippen LogP contribution in [-0.2, 0) is 11.3 Å². The summed E-state index contributed by atoms with van der Waals surface area (Å²) in [6, 6.07) is 15.9. The molecule has 2 aromatic heterocycles. The van der Waals surface area contributed by atoms with Crippen LogP contribution in [0.25, 0.3) is 21.9 Å². The molecular weight excluding hydrogens is 352 g/mol. The van der Waals surface area contributed by atoms with Gasteiger partial charge in [-0.3, -0.25) is 14.2 Å². The quantitative estimate of drug-likeness (QED) is 0.563. The summed E-state index contributed by atoms with van der Waals surface area (Å²) in [7, 11) is 0. The first kappa shape index (κ1) is 18.0. The van der Waals surface area contributed by atoms with Gasteiger partial charge in [-0.25, -0.2) is 4.98 Å². The van der Waals surface area contributed by atoms with Crippen LogP contribution in [0.5, 0.6) is 0 Å². The van der Waals surface area contributed by atoms with Gasteiger partial charge in [0.2, 0.25) is 5.91 Å². The lowest BCUT2D eigenvalue weighted by atomic mass is 10.0. The first-order valence-corrected chi connectivity index (χ1v) is 9.32. The molecule has 6 nitrogen and oxygen atoms in total. The van der Waals surface area contributed by atoms with Crippen molar-refractivity contribution in [1.82, 2.24) is 19.9 Å². The fourth-order valence-electron chi connectivity index (χ4n) is 3.39. The lowest BCUT2D eigenvalue weighted by molar-refractivity contribution is -0.121. The minimum absolute atomic E-state index is 0.0579. The van der Waals surface area contributed by atoms with Crippen molar-refractivity contribution in [2.24, 2.45) is 0 Å². The van der Waals surface area contributed by atoms with Gasteiger partial charge in [0.05, 0.1) is 6.33 Å². The second-order valence-electron chi connectivity index (χ2n) is 7.19. The molecule has 4 rings (SSSR count). The number of hydrogen-bond donors (Lipinski definition) is 2. The summed E-state index contributed by atoms with van der Waals surface area (Å²) in [6.07, 6.45) is 1.44. The summed E-state index contributed by atoms with van der Waals surface area (Å²) in [5.74, 6) is -0.0163. The molecule has 1 unspecified atom stereocenters. The van der Waals surface area contributed by atoms with E-state index in [-0.39, 0.29) is 23.9 Å². The number of aryl methyl sites for hydroxylation is 1. The van der Waals surface area contributed by atoms with Gasteiger partial charge in [0.25, 0.3) is 5.56 Å². The van der Waals surface area contributed by atoms with E-state index in [4.69, 9.17) is 0 Å². The topological polar surface area (TPSA) is 79.8 Å². The molecule has 0 spiro atoms. The Labute approximate surface area is 162 Å². The number of aromatic nitrogens is 3. The molecule has 0 saturated carbocycles. The van der Waals surface area contributed by atoms with Crippen molar-refractivity contribution in [3.8, 4) is 0 Å². The second-order valence-corrected chi connectivity index (χ2v) is 7.19. The van der Waals surface area contributed by atoms with Crippen LogP contribution < -0.4 is 10.9 Å². The molecule has 2 aromatic carbocycles. The van der Waals surface area contributed by atoms with E-state index in [1.807, 2.05) is 55.5 Å². The molecule has 6 heteroatoms. The average molecular weight is 374 g/mol. The molecule has 2 heterocycles. The third-order valence-electron chi connectivity index (χ3n) is 5.02. The number of benzene rings is 2. The molecule has 0 aliphatic rings. The van der Waals surface area contributed by atoms with E-state index in [0.29, 0.717) is 17.6 Å². The summed E-state index contributed by atoms with van der Waals surface area (Å²) < 4.78 is 1.34. The Hall–Kier alpha value is -3.41. The zero-order valence-corrected chi connectivity index (χ0v) is 15.9. The normalized spacial score (nSPS) is 12.4. The molecule has 28 heavy (non-hydrogen) atoms. The molecule has 0 aliphatic carbocycles. The number of aromatic amines is 1. The van der Waals surface area contributed by atoms with E-state index < -0.39 is 0 Å². The number of carbonyl (C=O) groups is 1. The smallest absolute Gasteiger partial charge is 0.278 e. The molecule has 0 saturated heterocycles. The van der Waals surface area contributed by atoms with Gasteiger partial charge < -0.3 is 10.3 Å². The van der Waals surface area contributed by atoms with Crippen LogP contribution in [0.3, 0.4) is 0 Å². The van der Waals surface area contributed by atoms with Crippen molar-refractivity contribution in [1.29, 1.82) is 0 Å². The number of hydrogen-bond acceptors (Lipinski definition) is 3. The van der Waals surface area contributed by atoms with Crippen LogP contribution in [0.1, 0.15) is 24.0 Å². The van der Waals surface area contributed by atoms with Crippen LogP contribution in [0, 0.1) is 6.92 Å². The number of nitrogens with zero attached hydrogens (tertiary/aromatic N) is 2. The predicted molar refractivity (Wildman–Crippen MR) is 110 cm³/mol. The molecule has 4 aromatic rings. The molecule has 142 valence electrons. The molecule has 0 bridgehead atoms. The molecule has 1 amide bonds. The van der Waals surface area contributed by atoms with Crippen LogP contribution in [0.2, 0.25) is 0 Å². The summed E-state index contributed by atoms with van der Waals surface area (Å²) in [4.78, 5) is 32.7. The lowest BCUT2D eigenvalue weighted by Gasteiger charge is -2.13. The zero-order chi connectivity index (χ0) is 19.7. The Kier molecular flexibility index (Phi) is 4.69. The third-order valence-corrected chi connectivity index (χ3v) is 5.02. The average Bonchev–Trinajstić information content (AvgIpc) is 3.07. The van der Waals surface area contributed by atoms with Gasteiger partial charge in [-0.15, -0.1) is 0 Å². The van der Waals surface area contributed by atoms with E-state index in [9.17, 15) is 9.59 Å². The highest BCUT2D eigenvalue weighted by Gasteiger charge is 2.13. The van der Waals surface area contributed by atoms with Crippen LogP contribution in [-0.4, -0.2) is 27.0 Å². The van der Waals surface area contributed by atoms with Gasteiger partial charge in [0.1, 0.15) is 17.6 Å². The molecular formula is C22H22N4O2. The summed E-state index contributed by atoms with van der Waals surface area (Å²) in [5.41, 5.74) is 3.95. The van der Waals surface area contributed by atoms with E-state index in [2.05, 4.69) is 22.2 Å². The third kappa shape index (κ3) is 3.41. The van der Waals surface area contributed by atoms with Gasteiger partial charge in [-0.1, -0.05) is 48.9 Å². The Morgan fingerprint density at radius 2 is 2.00 bits per heavy atom. The Balaban J connectivity index is 1.51. The van der Waals surface area contributed by atoms with Gasteiger partial charge in [0, 0.05) is 17.4 Å². The standard InChI is InChI=1S/C22H22N4O2/c1-14-8-9-18-17(10-14)20-21(25-18)22(28)26(13-24-20)12-19(27)23-11-15(2)16-6-4-3-5-7-16/h3-10,13,15,25H,11-12H2,1-2H3,(H,23,27). The number of carbonyl (C=O) groups excluding carboxylic acids is 1. The lowest BCUT2D eigenvalue weighted by Crippen LogP contribution is -2.34. The maximum Gasteiger partial charge on any atom is 0.278 e. The van der Waals surface area contributed by atoms with Crippen molar-refractivity contribution >= 4 is 27.8 Å². The number of nitrogens with one attached hydrogen (secondary N) is 2. The Morgan fingerprint density at radius 3 is 2.79 bits per heavy atom. The SMILES string of the molecule is Cc1ccc2[nH]c3c(=O)n(CC(=O)NCC(C)c4ccccc4)cnc3c2c1. The van der Waals surface area contributed by atoms with Gasteiger partial charge in [-0.05, 0) is 30.5 Å². The second kappa shape index (κ2) is 7.31. The van der Waals surface area contributed by atoms with E-state index in [1.165, 1.54) is 10.9 Å². The van der Waals surface area contributed by atoms with E-state index in [0.717, 1.165) is 22.0 Å². The number of amides is 1. The molecule has 1 atom stereocenters. The maximum atomic E-state index is 12.8. The molecule has 2 N–H and O–H groups in total. The summed E-state index contributed by atoms with van der Waals surface area (Å²) in [6.45, 7) is 4.51. The zero-order valence-electron chi connectivity index (χ0n) is 15.9. The van der Waals surface area contributed by atoms with E-state index >= 15 is 0 Å². The fourth-order valence-corrected chi connectivity index (χ4v) is 3.39. The minimum atomic E-state index is -0.245. The monoisotopic (exact) mass is 374 g/mol. The van der Waals surface area contributed by atoms with Gasteiger partial charge >= 0.3 is 0 Å². The molecule has 0 aliphatic heterocycles. The van der Waals surface area contributed by atoms with Gasteiger partial charge in [0.15, 0.2) is 0 Å².